The van der Waals surface area contributed by atoms with Crippen LogP contribution in [0.1, 0.15) is 0 Å². The normalized spacial score (nSPS) is 9.58. The smallest absolute Gasteiger partial charge is 0.135 e. The van der Waals surface area contributed by atoms with Crippen molar-refractivity contribution in [2.75, 3.05) is 5.32 Å². The van der Waals surface area contributed by atoms with Crippen LogP contribution in [0.25, 0.3) is 0 Å². The summed E-state index contributed by atoms with van der Waals surface area (Å²) in [4.78, 5) is 0.749. The molecule has 0 bridgehead atoms. The number of thiol groups is 2. The van der Waals surface area contributed by atoms with E-state index in [4.69, 9.17) is 23.8 Å². The van der Waals surface area contributed by atoms with E-state index in [0.717, 1.165) is 10.6 Å². The monoisotopic (exact) mass is 235 g/mol. The van der Waals surface area contributed by atoms with Crippen molar-refractivity contribution in [1.29, 1.82) is 0 Å². The summed E-state index contributed by atoms with van der Waals surface area (Å²) in [6.07, 6.45) is 0. The second-order valence-corrected chi connectivity index (χ2v) is 4.17. The van der Waals surface area contributed by atoms with Crippen molar-refractivity contribution >= 4 is 59.1 Å². The van der Waals surface area contributed by atoms with Crippen LogP contribution in [0.2, 0.25) is 5.02 Å². The van der Waals surface area contributed by atoms with Gasteiger partial charge in [0.1, 0.15) is 4.32 Å². The largest absolute Gasteiger partial charge is 0.340 e. The zero-order valence-electron chi connectivity index (χ0n) is 5.91. The first kappa shape index (κ1) is 10.2. The van der Waals surface area contributed by atoms with E-state index in [0.29, 0.717) is 9.34 Å². The van der Waals surface area contributed by atoms with E-state index in [2.05, 4.69) is 30.6 Å². The molecule has 5 heteroatoms. The molecule has 0 saturated heterocycles. The highest BCUT2D eigenvalue weighted by molar-refractivity contribution is 8.11. The Bertz CT molecular complexity index is 314. The van der Waals surface area contributed by atoms with Crippen molar-refractivity contribution in [3.63, 3.8) is 0 Å². The first-order chi connectivity index (χ1) is 5.59. The first-order valence-electron chi connectivity index (χ1n) is 3.08. The lowest BCUT2D eigenvalue weighted by molar-refractivity contribution is 1.46. The summed E-state index contributed by atoms with van der Waals surface area (Å²) >= 11 is 18.6. The molecule has 0 fully saturated rings. The van der Waals surface area contributed by atoms with Gasteiger partial charge < -0.3 is 5.32 Å². The average Bonchev–Trinajstić information content (AvgIpc) is 1.94. The molecular formula is C7H6ClNS3. The van der Waals surface area contributed by atoms with Crippen LogP contribution < -0.4 is 5.32 Å². The SMILES string of the molecule is S=C(S)Nc1ccc(Cl)cc1S. The standard InChI is InChI=1S/C7H6ClNS3/c8-4-1-2-5(6(10)3-4)9-7(11)12/h1-3,10H,(H2,9,11,12). The van der Waals surface area contributed by atoms with Crippen molar-refractivity contribution in [2.45, 2.75) is 4.90 Å². The Hall–Kier alpha value is 0.1000. The van der Waals surface area contributed by atoms with Gasteiger partial charge in [-0.1, -0.05) is 23.8 Å². The molecule has 12 heavy (non-hydrogen) atoms. The van der Waals surface area contributed by atoms with Crippen LogP contribution in [0.5, 0.6) is 0 Å². The highest BCUT2D eigenvalue weighted by Gasteiger charge is 1.99. The van der Waals surface area contributed by atoms with Crippen molar-refractivity contribution in [3.05, 3.63) is 23.2 Å². The third kappa shape index (κ3) is 2.86. The van der Waals surface area contributed by atoms with E-state index in [1.807, 2.05) is 0 Å². The number of rotatable bonds is 1. The second kappa shape index (κ2) is 4.37. The Morgan fingerprint density at radius 3 is 2.67 bits per heavy atom. The highest BCUT2D eigenvalue weighted by atomic mass is 35.5. The lowest BCUT2D eigenvalue weighted by Crippen LogP contribution is -2.01. The molecule has 1 aromatic carbocycles. The van der Waals surface area contributed by atoms with Crippen molar-refractivity contribution < 1.29 is 0 Å². The molecule has 1 nitrogen and oxygen atoms in total. The Balaban J connectivity index is 2.93. The maximum Gasteiger partial charge on any atom is 0.135 e. The number of anilines is 1. The molecule has 0 aromatic heterocycles. The van der Waals surface area contributed by atoms with Gasteiger partial charge in [0, 0.05) is 9.92 Å². The summed E-state index contributed by atoms with van der Waals surface area (Å²) in [7, 11) is 0. The molecule has 0 heterocycles. The molecule has 0 radical (unpaired) electrons. The zero-order chi connectivity index (χ0) is 9.14. The van der Waals surface area contributed by atoms with Crippen LogP contribution in [0, 0.1) is 0 Å². The number of hydrogen-bond acceptors (Lipinski definition) is 2. The van der Waals surface area contributed by atoms with Crippen LogP contribution in [0.15, 0.2) is 23.1 Å². The second-order valence-electron chi connectivity index (χ2n) is 2.09. The van der Waals surface area contributed by atoms with Crippen LogP contribution in [0.4, 0.5) is 5.69 Å². The molecule has 1 aromatic rings. The van der Waals surface area contributed by atoms with Gasteiger partial charge >= 0.3 is 0 Å². The molecule has 0 aliphatic rings. The van der Waals surface area contributed by atoms with E-state index in [9.17, 15) is 0 Å². The topological polar surface area (TPSA) is 12.0 Å². The minimum absolute atomic E-state index is 0.410. The molecular weight excluding hydrogens is 230 g/mol. The summed E-state index contributed by atoms with van der Waals surface area (Å²) in [5, 5.41) is 3.51. The van der Waals surface area contributed by atoms with Crippen LogP contribution in [0.3, 0.4) is 0 Å². The summed E-state index contributed by atoms with van der Waals surface area (Å²) in [5.41, 5.74) is 0.808. The van der Waals surface area contributed by atoms with Gasteiger partial charge in [-0.2, -0.15) is 0 Å². The number of benzene rings is 1. The maximum atomic E-state index is 5.72. The lowest BCUT2D eigenvalue weighted by Gasteiger charge is -2.05. The summed E-state index contributed by atoms with van der Waals surface area (Å²) in [6.45, 7) is 0. The van der Waals surface area contributed by atoms with Crippen molar-refractivity contribution in [2.24, 2.45) is 0 Å². The first-order valence-corrected chi connectivity index (χ1v) is 4.76. The van der Waals surface area contributed by atoms with Gasteiger partial charge in [0.25, 0.3) is 0 Å². The lowest BCUT2D eigenvalue weighted by atomic mass is 10.3. The number of hydrogen-bond donors (Lipinski definition) is 3. The van der Waals surface area contributed by atoms with Gasteiger partial charge in [0.05, 0.1) is 5.69 Å². The molecule has 0 spiro atoms. The van der Waals surface area contributed by atoms with Crippen molar-refractivity contribution in [1.82, 2.24) is 0 Å². The number of halogens is 1. The number of thiocarbonyl (C=S) groups is 1. The Labute approximate surface area is 92.3 Å². The highest BCUT2D eigenvalue weighted by Crippen LogP contribution is 2.23. The summed E-state index contributed by atoms with van der Waals surface area (Å²) in [6, 6.07) is 5.29. The Morgan fingerprint density at radius 2 is 2.17 bits per heavy atom. The third-order valence-electron chi connectivity index (χ3n) is 1.20. The van der Waals surface area contributed by atoms with Crippen LogP contribution >= 0.6 is 49.1 Å². The molecule has 0 amide bonds. The molecule has 0 saturated carbocycles. The van der Waals surface area contributed by atoms with E-state index in [-0.39, 0.29) is 0 Å². The van der Waals surface area contributed by atoms with Gasteiger partial charge in [-0.25, -0.2) is 0 Å². The average molecular weight is 236 g/mol. The fourth-order valence-electron chi connectivity index (χ4n) is 0.726. The minimum atomic E-state index is 0.410. The van der Waals surface area contributed by atoms with E-state index >= 15 is 0 Å². The summed E-state index contributed by atoms with van der Waals surface area (Å²) < 4.78 is 0.410. The Morgan fingerprint density at radius 1 is 1.50 bits per heavy atom. The van der Waals surface area contributed by atoms with Gasteiger partial charge in [-0.05, 0) is 18.2 Å². The molecule has 0 aliphatic carbocycles. The van der Waals surface area contributed by atoms with Gasteiger partial charge in [-0.3, -0.25) is 0 Å². The van der Waals surface area contributed by atoms with E-state index in [1.165, 1.54) is 0 Å². The predicted octanol–water partition coefficient (Wildman–Crippen LogP) is 3.26. The van der Waals surface area contributed by atoms with Gasteiger partial charge in [0.2, 0.25) is 0 Å². The molecule has 64 valence electrons. The minimum Gasteiger partial charge on any atom is -0.340 e. The van der Waals surface area contributed by atoms with Crippen molar-refractivity contribution in [3.8, 4) is 0 Å². The van der Waals surface area contributed by atoms with E-state index in [1.54, 1.807) is 18.2 Å². The van der Waals surface area contributed by atoms with Gasteiger partial charge in [0.15, 0.2) is 0 Å². The molecule has 1 N–H and O–H groups in total. The fourth-order valence-corrected chi connectivity index (χ4v) is 1.47. The third-order valence-corrected chi connectivity index (χ3v) is 2.02. The molecule has 0 aliphatic heterocycles. The Kier molecular flexibility index (Phi) is 3.71. The fraction of sp³-hybridized carbons (Fsp3) is 0. The molecule has 0 atom stereocenters. The van der Waals surface area contributed by atoms with Crippen LogP contribution in [-0.4, -0.2) is 4.32 Å². The van der Waals surface area contributed by atoms with Gasteiger partial charge in [-0.15, -0.1) is 25.3 Å². The predicted molar refractivity (Wildman–Crippen MR) is 63.9 cm³/mol. The van der Waals surface area contributed by atoms with Crippen LogP contribution in [-0.2, 0) is 0 Å². The number of nitrogens with one attached hydrogen (secondary N) is 1. The van der Waals surface area contributed by atoms with E-state index < -0.39 is 0 Å². The molecule has 0 unspecified atom stereocenters. The quantitative estimate of drug-likeness (QED) is 0.511. The zero-order valence-corrected chi connectivity index (χ0v) is 9.27. The summed E-state index contributed by atoms with van der Waals surface area (Å²) in [5.74, 6) is 0. The maximum absolute atomic E-state index is 5.72. The molecule has 1 rings (SSSR count).